The molecular weight excluding hydrogens is 240 g/mol. The lowest BCUT2D eigenvalue weighted by Gasteiger charge is -2.24. The maximum atomic E-state index is 5.26. The van der Waals surface area contributed by atoms with Crippen LogP contribution in [0.1, 0.15) is 26.2 Å². The third kappa shape index (κ3) is 6.55. The van der Waals surface area contributed by atoms with Crippen LogP contribution < -0.4 is 10.6 Å². The largest absolute Gasteiger partial charge is 0.382 e. The van der Waals surface area contributed by atoms with Crippen molar-refractivity contribution in [2.24, 2.45) is 0 Å². The fraction of sp³-hybridized carbons (Fsp3) is 0.909. The molecular formula is C11H22N2OS2. The van der Waals surface area contributed by atoms with E-state index in [-0.39, 0.29) is 0 Å². The van der Waals surface area contributed by atoms with Crippen LogP contribution in [-0.2, 0) is 4.74 Å². The highest BCUT2D eigenvalue weighted by Gasteiger charge is 2.13. The van der Waals surface area contributed by atoms with Crippen molar-refractivity contribution >= 4 is 29.1 Å². The van der Waals surface area contributed by atoms with Crippen molar-refractivity contribution in [3.05, 3.63) is 0 Å². The van der Waals surface area contributed by atoms with Gasteiger partial charge < -0.3 is 15.4 Å². The van der Waals surface area contributed by atoms with Crippen LogP contribution in [-0.4, -0.2) is 42.4 Å². The highest BCUT2D eigenvalue weighted by atomic mass is 32.2. The molecule has 94 valence electrons. The van der Waals surface area contributed by atoms with E-state index in [1.807, 2.05) is 18.7 Å². The summed E-state index contributed by atoms with van der Waals surface area (Å²) < 4.78 is 5.26. The van der Waals surface area contributed by atoms with Crippen LogP contribution >= 0.6 is 24.0 Å². The van der Waals surface area contributed by atoms with E-state index in [1.165, 1.54) is 24.3 Å². The van der Waals surface area contributed by atoms with Crippen LogP contribution in [0, 0.1) is 0 Å². The second-order valence-corrected chi connectivity index (χ2v) is 5.42. The van der Waals surface area contributed by atoms with E-state index in [0.29, 0.717) is 6.04 Å². The summed E-state index contributed by atoms with van der Waals surface area (Å²) >= 11 is 7.25. The topological polar surface area (TPSA) is 33.3 Å². The smallest absolute Gasteiger partial charge is 0.166 e. The van der Waals surface area contributed by atoms with Gasteiger partial charge in [-0.25, -0.2) is 0 Å². The van der Waals surface area contributed by atoms with Gasteiger partial charge in [0, 0.05) is 31.6 Å². The molecule has 1 aliphatic heterocycles. The molecule has 1 unspecified atom stereocenters. The molecule has 0 amide bonds. The average Bonchev–Trinajstić information content (AvgIpc) is 2.30. The molecule has 2 N–H and O–H groups in total. The van der Waals surface area contributed by atoms with Crippen LogP contribution in [0.2, 0.25) is 0 Å². The van der Waals surface area contributed by atoms with Crippen molar-refractivity contribution in [1.29, 1.82) is 0 Å². The van der Waals surface area contributed by atoms with E-state index < -0.39 is 0 Å². The lowest BCUT2D eigenvalue weighted by atomic mass is 10.2. The zero-order valence-electron chi connectivity index (χ0n) is 9.96. The second-order valence-electron chi connectivity index (χ2n) is 3.86. The van der Waals surface area contributed by atoms with Crippen molar-refractivity contribution in [2.75, 3.05) is 31.3 Å². The normalized spacial score (nSPS) is 20.4. The number of thiocarbonyl (C=S) groups is 1. The molecule has 16 heavy (non-hydrogen) atoms. The Labute approximate surface area is 108 Å². The van der Waals surface area contributed by atoms with Gasteiger partial charge in [0.05, 0.1) is 0 Å². The van der Waals surface area contributed by atoms with Gasteiger partial charge in [-0.1, -0.05) is 0 Å². The van der Waals surface area contributed by atoms with Gasteiger partial charge in [-0.3, -0.25) is 0 Å². The highest BCUT2D eigenvalue weighted by Crippen LogP contribution is 2.16. The Morgan fingerprint density at radius 1 is 1.56 bits per heavy atom. The Balaban J connectivity index is 1.97. The summed E-state index contributed by atoms with van der Waals surface area (Å²) in [6.07, 6.45) is 3.55. The Hall–Kier alpha value is 0. The molecule has 1 aliphatic rings. The van der Waals surface area contributed by atoms with Gasteiger partial charge in [0.25, 0.3) is 0 Å². The fourth-order valence-electron chi connectivity index (χ4n) is 1.61. The van der Waals surface area contributed by atoms with E-state index in [1.54, 1.807) is 0 Å². The second kappa shape index (κ2) is 9.07. The van der Waals surface area contributed by atoms with Crippen LogP contribution in [0.4, 0.5) is 0 Å². The van der Waals surface area contributed by atoms with Crippen molar-refractivity contribution in [3.8, 4) is 0 Å². The predicted molar refractivity (Wildman–Crippen MR) is 75.2 cm³/mol. The lowest BCUT2D eigenvalue weighted by molar-refractivity contribution is 0.145. The Morgan fingerprint density at radius 2 is 2.44 bits per heavy atom. The van der Waals surface area contributed by atoms with Crippen molar-refractivity contribution in [3.63, 3.8) is 0 Å². The molecule has 0 bridgehead atoms. The first-order valence-corrected chi connectivity index (χ1v) is 7.59. The van der Waals surface area contributed by atoms with Gasteiger partial charge in [-0.15, -0.1) is 0 Å². The quantitative estimate of drug-likeness (QED) is 0.563. The number of thioether (sulfide) groups is 1. The van der Waals surface area contributed by atoms with Crippen molar-refractivity contribution in [1.82, 2.24) is 10.6 Å². The van der Waals surface area contributed by atoms with E-state index >= 15 is 0 Å². The minimum absolute atomic E-state index is 0.561. The van der Waals surface area contributed by atoms with E-state index in [4.69, 9.17) is 17.0 Å². The minimum atomic E-state index is 0.561. The standard InChI is InChI=1S/C11H22N2OS2/c1-2-14-7-4-6-12-11(15)13-10-5-3-8-16-9-10/h10H,2-9H2,1H3,(H2,12,13,15). The Bertz CT molecular complexity index is 196. The molecule has 0 radical (unpaired) electrons. The average molecular weight is 262 g/mol. The first kappa shape index (κ1) is 14.1. The molecule has 3 nitrogen and oxygen atoms in total. The molecule has 1 saturated heterocycles. The lowest BCUT2D eigenvalue weighted by Crippen LogP contribution is -2.44. The first-order chi connectivity index (χ1) is 7.83. The third-order valence-corrected chi connectivity index (χ3v) is 3.93. The highest BCUT2D eigenvalue weighted by molar-refractivity contribution is 7.99. The van der Waals surface area contributed by atoms with Gasteiger partial charge in [0.15, 0.2) is 5.11 Å². The van der Waals surface area contributed by atoms with Gasteiger partial charge in [-0.2, -0.15) is 11.8 Å². The molecule has 1 rings (SSSR count). The zero-order valence-corrected chi connectivity index (χ0v) is 11.6. The Kier molecular flexibility index (Phi) is 7.98. The maximum absolute atomic E-state index is 5.26. The summed E-state index contributed by atoms with van der Waals surface area (Å²) in [5.41, 5.74) is 0. The summed E-state index contributed by atoms with van der Waals surface area (Å²) in [6, 6.07) is 0.561. The molecule has 1 atom stereocenters. The monoisotopic (exact) mass is 262 g/mol. The SMILES string of the molecule is CCOCCCNC(=S)NC1CCCSC1. The number of hydrogen-bond acceptors (Lipinski definition) is 3. The number of nitrogens with one attached hydrogen (secondary N) is 2. The minimum Gasteiger partial charge on any atom is -0.382 e. The first-order valence-electron chi connectivity index (χ1n) is 6.02. The zero-order chi connectivity index (χ0) is 11.6. The molecule has 0 aliphatic carbocycles. The van der Waals surface area contributed by atoms with Gasteiger partial charge >= 0.3 is 0 Å². The van der Waals surface area contributed by atoms with Gasteiger partial charge in [-0.05, 0) is 44.2 Å². The van der Waals surface area contributed by atoms with Gasteiger partial charge in [0.2, 0.25) is 0 Å². The molecule has 0 aromatic rings. The van der Waals surface area contributed by atoms with E-state index in [0.717, 1.165) is 31.3 Å². The molecule has 5 heteroatoms. The number of hydrogen-bond donors (Lipinski definition) is 2. The van der Waals surface area contributed by atoms with E-state index in [2.05, 4.69) is 10.6 Å². The summed E-state index contributed by atoms with van der Waals surface area (Å²) in [5, 5.41) is 7.38. The van der Waals surface area contributed by atoms with Crippen molar-refractivity contribution in [2.45, 2.75) is 32.2 Å². The molecule has 1 heterocycles. The third-order valence-electron chi connectivity index (χ3n) is 2.45. The number of rotatable bonds is 6. The molecule has 0 saturated carbocycles. The molecule has 0 aromatic heterocycles. The van der Waals surface area contributed by atoms with Crippen LogP contribution in [0.25, 0.3) is 0 Å². The van der Waals surface area contributed by atoms with Crippen LogP contribution in [0.15, 0.2) is 0 Å². The Morgan fingerprint density at radius 3 is 3.12 bits per heavy atom. The van der Waals surface area contributed by atoms with Crippen LogP contribution in [0.3, 0.4) is 0 Å². The summed E-state index contributed by atoms with van der Waals surface area (Å²) in [4.78, 5) is 0. The maximum Gasteiger partial charge on any atom is 0.166 e. The molecule has 0 spiro atoms. The molecule has 0 aromatic carbocycles. The van der Waals surface area contributed by atoms with Crippen molar-refractivity contribution < 1.29 is 4.74 Å². The molecule has 1 fully saturated rings. The number of ether oxygens (including phenoxy) is 1. The van der Waals surface area contributed by atoms with E-state index in [9.17, 15) is 0 Å². The summed E-state index contributed by atoms with van der Waals surface area (Å²) in [6.45, 7) is 4.51. The summed E-state index contributed by atoms with van der Waals surface area (Å²) in [5.74, 6) is 2.48. The van der Waals surface area contributed by atoms with Crippen LogP contribution in [0.5, 0.6) is 0 Å². The summed E-state index contributed by atoms with van der Waals surface area (Å²) in [7, 11) is 0. The fourth-order valence-corrected chi connectivity index (χ4v) is 2.95. The predicted octanol–water partition coefficient (Wildman–Crippen LogP) is 1.77. The van der Waals surface area contributed by atoms with Gasteiger partial charge in [0.1, 0.15) is 0 Å².